The molecule has 0 bridgehead atoms. The van der Waals surface area contributed by atoms with Gasteiger partial charge < -0.3 is 4.58 Å². The third-order valence-electron chi connectivity index (χ3n) is 7.16. The zero-order valence-corrected chi connectivity index (χ0v) is 21.8. The maximum atomic E-state index is 4.32. The van der Waals surface area contributed by atoms with Crippen molar-refractivity contribution < 1.29 is 4.58 Å². The van der Waals surface area contributed by atoms with Gasteiger partial charge in [-0.25, -0.2) is 0 Å². The van der Waals surface area contributed by atoms with Crippen LogP contribution in [-0.4, -0.2) is 11.3 Å². The molecule has 0 aliphatic carbocycles. The van der Waals surface area contributed by atoms with Crippen LogP contribution in [0, 0.1) is 18.9 Å². The van der Waals surface area contributed by atoms with Gasteiger partial charge in [0.2, 0.25) is 4.70 Å². The molecule has 0 fully saturated rings. The average molecular weight is 484 g/mol. The van der Waals surface area contributed by atoms with Gasteiger partial charge in [-0.1, -0.05) is 99.0 Å². The Kier molecular flexibility index (Phi) is 5.62. The van der Waals surface area contributed by atoms with E-state index in [1.54, 1.807) is 0 Å². The lowest BCUT2D eigenvalue weighted by atomic mass is 9.91. The summed E-state index contributed by atoms with van der Waals surface area (Å²) in [5, 5.41) is 2.63. The predicted octanol–water partition coefficient (Wildman–Crippen LogP) is 9.40. The Morgan fingerprint density at radius 2 is 1.53 bits per heavy atom. The van der Waals surface area contributed by atoms with Gasteiger partial charge in [-0.3, -0.25) is 0 Å². The molecule has 1 aliphatic heterocycles. The summed E-state index contributed by atoms with van der Waals surface area (Å²) in [6, 6.07) is 32.0. The van der Waals surface area contributed by atoms with E-state index in [9.17, 15) is 0 Å². The number of rotatable bonds is 4. The monoisotopic (exact) mass is 483 g/mol. The molecular weight excluding hydrogens is 454 g/mol. The van der Waals surface area contributed by atoms with E-state index < -0.39 is 0 Å². The molecule has 1 aromatic heterocycles. The van der Waals surface area contributed by atoms with E-state index >= 15 is 0 Å². The summed E-state index contributed by atoms with van der Waals surface area (Å²) in [4.78, 5) is 0. The molecule has 0 atom stereocenters. The van der Waals surface area contributed by atoms with Crippen LogP contribution in [0.4, 0.5) is 0 Å². The van der Waals surface area contributed by atoms with Crippen LogP contribution in [0.25, 0.3) is 42.4 Å². The summed E-state index contributed by atoms with van der Waals surface area (Å²) in [6.45, 7) is 11.0. The Bertz CT molecular complexity index is 1660. The van der Waals surface area contributed by atoms with E-state index in [2.05, 4.69) is 131 Å². The van der Waals surface area contributed by atoms with Crippen molar-refractivity contribution in [3.05, 3.63) is 126 Å². The van der Waals surface area contributed by atoms with Crippen molar-refractivity contribution in [2.24, 2.45) is 5.92 Å². The summed E-state index contributed by atoms with van der Waals surface area (Å²) in [7, 11) is 0. The standard InChI is InChI=1S/C34H29NS/c1-22(2)27-19-20-35(4)31(21-27)32-23(3)13-18-30-29-12-8-11-28(33(29)36-34(30)32)26-16-14-25(15-17-26)24-9-6-5-7-10-24/h5-22H,4H2,1-3H3. The maximum Gasteiger partial charge on any atom is 0.231 e. The molecule has 5 aromatic rings. The number of nitrogens with zero attached hydrogens (tertiary/aromatic N) is 1. The molecule has 0 amide bonds. The second kappa shape index (κ2) is 8.96. The molecule has 0 saturated heterocycles. The van der Waals surface area contributed by atoms with Crippen molar-refractivity contribution >= 4 is 38.2 Å². The summed E-state index contributed by atoms with van der Waals surface area (Å²) in [6.07, 6.45) is 6.59. The Morgan fingerprint density at radius 3 is 2.28 bits per heavy atom. The van der Waals surface area contributed by atoms with Gasteiger partial charge in [0.25, 0.3) is 0 Å². The summed E-state index contributed by atoms with van der Waals surface area (Å²) < 4.78 is 4.68. The quantitative estimate of drug-likeness (QED) is 0.136. The van der Waals surface area contributed by atoms with E-state index in [0.29, 0.717) is 5.92 Å². The number of thiophene rings is 1. The van der Waals surface area contributed by atoms with Crippen molar-refractivity contribution in [3.8, 4) is 22.3 Å². The van der Waals surface area contributed by atoms with Crippen molar-refractivity contribution in [2.45, 2.75) is 20.8 Å². The van der Waals surface area contributed by atoms with Gasteiger partial charge in [-0.15, -0.1) is 29.4 Å². The molecule has 1 aliphatic rings. The summed E-state index contributed by atoms with van der Waals surface area (Å²) in [5.41, 5.74) is 8.92. The highest BCUT2D eigenvalue weighted by atomic mass is 32.1. The van der Waals surface area contributed by atoms with Crippen LogP contribution in [0.2, 0.25) is 0 Å². The Labute approximate surface area is 217 Å². The highest BCUT2D eigenvalue weighted by Crippen LogP contribution is 2.44. The van der Waals surface area contributed by atoms with Gasteiger partial charge in [0, 0.05) is 17.7 Å². The number of allylic oxidation sites excluding steroid dienone is 2. The molecule has 36 heavy (non-hydrogen) atoms. The van der Waals surface area contributed by atoms with Gasteiger partial charge in [0.1, 0.15) is 4.70 Å². The van der Waals surface area contributed by atoms with Crippen LogP contribution in [0.15, 0.2) is 109 Å². The van der Waals surface area contributed by atoms with Crippen LogP contribution in [0.3, 0.4) is 0 Å². The second-order valence-corrected chi connectivity index (χ2v) is 10.9. The SMILES string of the molecule is C=[N+]1C=CC(C(C)C)=C[C-]1c1c(C)ccc2c3cccc(-c4ccc(-c5ccccc5)cc4)c3[s+][c-]12. The van der Waals surface area contributed by atoms with Gasteiger partial charge in [-0.05, 0) is 34.2 Å². The van der Waals surface area contributed by atoms with Crippen LogP contribution in [-0.2, 0) is 0 Å². The topological polar surface area (TPSA) is 3.01 Å². The number of benzene rings is 4. The molecule has 1 nitrogen and oxygen atoms in total. The molecule has 0 saturated carbocycles. The minimum Gasteiger partial charge on any atom is -0.336 e. The molecule has 0 spiro atoms. The molecule has 0 unspecified atom stereocenters. The van der Waals surface area contributed by atoms with Gasteiger partial charge in [-0.2, -0.15) is 0 Å². The molecule has 176 valence electrons. The number of hydrogen-bond acceptors (Lipinski definition) is 0. The second-order valence-electron chi connectivity index (χ2n) is 9.83. The van der Waals surface area contributed by atoms with Crippen LogP contribution < -0.4 is 0 Å². The third kappa shape index (κ3) is 3.79. The minimum absolute atomic E-state index is 0.470. The lowest BCUT2D eigenvalue weighted by Crippen LogP contribution is -2.17. The highest BCUT2D eigenvalue weighted by molar-refractivity contribution is 7.26. The fourth-order valence-electron chi connectivity index (χ4n) is 5.10. The first-order valence-corrected chi connectivity index (χ1v) is 13.3. The van der Waals surface area contributed by atoms with Crippen LogP contribution in [0.5, 0.6) is 0 Å². The Hall–Kier alpha value is -3.88. The molecule has 0 N–H and O–H groups in total. The summed E-state index contributed by atoms with van der Waals surface area (Å²) >= 11 is 1.90. The van der Waals surface area contributed by atoms with Crippen molar-refractivity contribution in [2.75, 3.05) is 0 Å². The first-order chi connectivity index (χ1) is 17.5. The normalized spacial score (nSPS) is 13.7. The van der Waals surface area contributed by atoms with Crippen molar-refractivity contribution in [3.63, 3.8) is 0 Å². The average Bonchev–Trinajstić information content (AvgIpc) is 3.28. The molecule has 2 heteroatoms. The number of hydrogen-bond donors (Lipinski definition) is 0. The predicted molar refractivity (Wildman–Crippen MR) is 157 cm³/mol. The molecular formula is C34H29NS. The van der Waals surface area contributed by atoms with Gasteiger partial charge in [0.15, 0.2) is 11.3 Å². The maximum absolute atomic E-state index is 4.32. The van der Waals surface area contributed by atoms with Gasteiger partial charge >= 0.3 is 0 Å². The van der Waals surface area contributed by atoms with Crippen molar-refractivity contribution in [1.82, 2.24) is 0 Å². The first kappa shape index (κ1) is 22.6. The number of aryl methyl sites for hydroxylation is 1. The third-order valence-corrected chi connectivity index (χ3v) is 8.43. The van der Waals surface area contributed by atoms with Crippen LogP contribution in [0.1, 0.15) is 25.0 Å². The largest absolute Gasteiger partial charge is 0.336 e. The van der Waals surface area contributed by atoms with E-state index in [0.717, 1.165) is 0 Å². The Morgan fingerprint density at radius 1 is 0.806 bits per heavy atom. The van der Waals surface area contributed by atoms with Crippen LogP contribution >= 0.6 is 11.3 Å². The lowest BCUT2D eigenvalue weighted by Gasteiger charge is -2.28. The van der Waals surface area contributed by atoms with E-state index in [4.69, 9.17) is 0 Å². The smallest absolute Gasteiger partial charge is 0.231 e. The molecule has 6 rings (SSSR count). The molecule has 4 aromatic carbocycles. The Balaban J connectivity index is 1.51. The highest BCUT2D eigenvalue weighted by Gasteiger charge is 2.24. The summed E-state index contributed by atoms with van der Waals surface area (Å²) in [5.74, 6) is 0.470. The van der Waals surface area contributed by atoms with Crippen molar-refractivity contribution in [1.29, 1.82) is 0 Å². The molecule has 2 heterocycles. The minimum atomic E-state index is 0.470. The fraction of sp³-hybridized carbons (Fsp3) is 0.118. The lowest BCUT2D eigenvalue weighted by molar-refractivity contribution is -0.417. The number of fused-ring (bicyclic) bond motifs is 3. The van der Waals surface area contributed by atoms with E-state index in [1.807, 2.05) is 15.9 Å². The molecule has 0 radical (unpaired) electrons. The zero-order valence-electron chi connectivity index (χ0n) is 21.0. The first-order valence-electron chi connectivity index (χ1n) is 12.5. The zero-order chi connectivity index (χ0) is 24.8. The van der Waals surface area contributed by atoms with E-state index in [1.165, 1.54) is 65.2 Å². The van der Waals surface area contributed by atoms with E-state index in [-0.39, 0.29) is 0 Å². The fourth-order valence-corrected chi connectivity index (χ4v) is 6.54. The van der Waals surface area contributed by atoms with Gasteiger partial charge in [0.05, 0.1) is 12.2 Å².